The van der Waals surface area contributed by atoms with E-state index in [0.29, 0.717) is 0 Å². The van der Waals surface area contributed by atoms with Crippen LogP contribution in [0.25, 0.3) is 10.9 Å². The fourth-order valence-electron chi connectivity index (χ4n) is 3.61. The molecule has 0 aliphatic carbocycles. The Kier molecular flexibility index (Phi) is 7.81. The highest BCUT2D eigenvalue weighted by Gasteiger charge is 2.31. The number of hydrogen-bond acceptors (Lipinski definition) is 5. The third-order valence-electron chi connectivity index (χ3n) is 5.41. The van der Waals surface area contributed by atoms with Crippen LogP contribution in [0.15, 0.2) is 60.8 Å². The van der Waals surface area contributed by atoms with Gasteiger partial charge in [-0.05, 0) is 30.5 Å². The van der Waals surface area contributed by atoms with Crippen molar-refractivity contribution < 1.29 is 24.6 Å². The fraction of sp³-hybridized carbons (Fsp3) is 0.292. The molecule has 174 valence electrons. The number of H-pyrrole nitrogens is 1. The summed E-state index contributed by atoms with van der Waals surface area (Å²) in [6, 6.07) is 13.2. The largest absolute Gasteiger partial charge is 0.480 e. The summed E-state index contributed by atoms with van der Waals surface area (Å²) in [7, 11) is 0. The monoisotopic (exact) mass is 452 g/mol. The van der Waals surface area contributed by atoms with Crippen molar-refractivity contribution in [1.29, 1.82) is 0 Å². The Bertz CT molecular complexity index is 1110. The van der Waals surface area contributed by atoms with Gasteiger partial charge in [-0.1, -0.05) is 48.5 Å². The average Bonchev–Trinajstić information content (AvgIpc) is 3.19. The molecule has 9 heteroatoms. The summed E-state index contributed by atoms with van der Waals surface area (Å²) in [6.45, 7) is 1.27. The number of aromatic nitrogens is 1. The summed E-state index contributed by atoms with van der Waals surface area (Å²) >= 11 is 0. The van der Waals surface area contributed by atoms with Crippen LogP contribution in [-0.4, -0.2) is 57.2 Å². The number of aliphatic hydroxyl groups excluding tert-OH is 1. The number of para-hydroxylation sites is 1. The van der Waals surface area contributed by atoms with Gasteiger partial charge in [-0.15, -0.1) is 0 Å². The number of hydrogen-bond donors (Lipinski definition) is 6. The minimum Gasteiger partial charge on any atom is -0.480 e. The third-order valence-corrected chi connectivity index (χ3v) is 5.41. The number of nitrogens with one attached hydrogen (secondary N) is 3. The van der Waals surface area contributed by atoms with E-state index in [1.165, 1.54) is 6.92 Å². The maximum atomic E-state index is 13.0. The number of carbonyl (C=O) groups excluding carboxylic acids is 2. The van der Waals surface area contributed by atoms with Gasteiger partial charge in [0.2, 0.25) is 11.8 Å². The Hall–Kier alpha value is -3.69. The quantitative estimate of drug-likeness (QED) is 0.266. The molecule has 0 radical (unpaired) electrons. The lowest BCUT2D eigenvalue weighted by molar-refractivity contribution is -0.145. The van der Waals surface area contributed by atoms with Crippen molar-refractivity contribution in [1.82, 2.24) is 15.6 Å². The van der Waals surface area contributed by atoms with Crippen molar-refractivity contribution >= 4 is 28.7 Å². The van der Waals surface area contributed by atoms with Gasteiger partial charge in [0.25, 0.3) is 0 Å². The van der Waals surface area contributed by atoms with E-state index in [-0.39, 0.29) is 12.8 Å². The third kappa shape index (κ3) is 6.18. The van der Waals surface area contributed by atoms with Crippen molar-refractivity contribution in [2.24, 2.45) is 5.73 Å². The molecule has 3 rings (SSSR count). The second kappa shape index (κ2) is 10.8. The molecule has 2 amide bonds. The van der Waals surface area contributed by atoms with Crippen LogP contribution in [0.1, 0.15) is 18.1 Å². The maximum absolute atomic E-state index is 13.0. The molecule has 0 saturated carbocycles. The zero-order valence-corrected chi connectivity index (χ0v) is 18.2. The number of nitrogens with two attached hydrogens (primary N) is 1. The van der Waals surface area contributed by atoms with Crippen LogP contribution in [0.4, 0.5) is 0 Å². The van der Waals surface area contributed by atoms with Crippen LogP contribution in [0.5, 0.6) is 0 Å². The van der Waals surface area contributed by atoms with E-state index in [9.17, 15) is 24.6 Å². The summed E-state index contributed by atoms with van der Waals surface area (Å²) in [5, 5.41) is 24.9. The Morgan fingerprint density at radius 2 is 1.64 bits per heavy atom. The number of benzene rings is 2. The van der Waals surface area contributed by atoms with Crippen LogP contribution in [0.3, 0.4) is 0 Å². The molecule has 0 spiro atoms. The van der Waals surface area contributed by atoms with Gasteiger partial charge in [0, 0.05) is 23.5 Å². The molecule has 0 fully saturated rings. The lowest BCUT2D eigenvalue weighted by atomic mass is 10.0. The number of carboxylic acids is 1. The van der Waals surface area contributed by atoms with Crippen molar-refractivity contribution in [3.8, 4) is 0 Å². The van der Waals surface area contributed by atoms with E-state index in [0.717, 1.165) is 22.0 Å². The molecular weight excluding hydrogens is 424 g/mol. The van der Waals surface area contributed by atoms with Crippen molar-refractivity contribution in [3.05, 3.63) is 71.9 Å². The molecule has 4 atom stereocenters. The first-order valence-corrected chi connectivity index (χ1v) is 10.6. The van der Waals surface area contributed by atoms with Crippen LogP contribution < -0.4 is 16.4 Å². The van der Waals surface area contributed by atoms with Gasteiger partial charge in [-0.3, -0.25) is 9.59 Å². The van der Waals surface area contributed by atoms with Crippen LogP contribution in [0.2, 0.25) is 0 Å². The lowest BCUT2D eigenvalue weighted by Gasteiger charge is -2.24. The number of aliphatic carboxylic acids is 1. The van der Waals surface area contributed by atoms with Gasteiger partial charge >= 0.3 is 5.97 Å². The van der Waals surface area contributed by atoms with Gasteiger partial charge < -0.3 is 31.6 Å². The first-order valence-electron chi connectivity index (χ1n) is 10.6. The van der Waals surface area contributed by atoms with Crippen molar-refractivity contribution in [2.45, 2.75) is 44.0 Å². The summed E-state index contributed by atoms with van der Waals surface area (Å²) < 4.78 is 0. The molecule has 7 N–H and O–H groups in total. The highest BCUT2D eigenvalue weighted by atomic mass is 16.4. The molecule has 0 aliphatic heterocycles. The molecule has 0 saturated heterocycles. The zero-order valence-electron chi connectivity index (χ0n) is 18.2. The number of aromatic amines is 1. The van der Waals surface area contributed by atoms with E-state index in [1.54, 1.807) is 6.20 Å². The molecule has 4 unspecified atom stereocenters. The van der Waals surface area contributed by atoms with Gasteiger partial charge in [0.05, 0.1) is 12.1 Å². The topological polar surface area (TPSA) is 158 Å². The molecule has 2 aromatic carbocycles. The van der Waals surface area contributed by atoms with Gasteiger partial charge in [-0.25, -0.2) is 4.79 Å². The number of aliphatic hydroxyl groups is 1. The average molecular weight is 453 g/mol. The number of carboxylic acid groups (broad SMARTS) is 1. The Morgan fingerprint density at radius 1 is 0.970 bits per heavy atom. The summed E-state index contributed by atoms with van der Waals surface area (Å²) in [6.07, 6.45) is 0.798. The lowest BCUT2D eigenvalue weighted by Crippen LogP contribution is -2.57. The number of fused-ring (bicyclic) bond motifs is 1. The predicted molar refractivity (Wildman–Crippen MR) is 123 cm³/mol. The van der Waals surface area contributed by atoms with E-state index < -0.39 is 42.0 Å². The predicted octanol–water partition coefficient (Wildman–Crippen LogP) is 0.715. The SMILES string of the molecule is CC(O)C(NC(=O)C(Cc1c[nH]c2ccccc12)NC(=O)C(N)Cc1ccccc1)C(=O)O. The second-order valence-corrected chi connectivity index (χ2v) is 7.99. The number of amides is 2. The molecule has 1 heterocycles. The Balaban J connectivity index is 1.80. The van der Waals surface area contributed by atoms with E-state index >= 15 is 0 Å². The fourth-order valence-corrected chi connectivity index (χ4v) is 3.61. The van der Waals surface area contributed by atoms with Crippen molar-refractivity contribution in [2.75, 3.05) is 0 Å². The molecule has 0 aliphatic rings. The highest BCUT2D eigenvalue weighted by Crippen LogP contribution is 2.19. The number of rotatable bonds is 10. The number of carbonyl (C=O) groups is 3. The van der Waals surface area contributed by atoms with Crippen molar-refractivity contribution in [3.63, 3.8) is 0 Å². The van der Waals surface area contributed by atoms with E-state index in [1.807, 2.05) is 54.6 Å². The maximum Gasteiger partial charge on any atom is 0.328 e. The Morgan fingerprint density at radius 3 is 2.30 bits per heavy atom. The highest BCUT2D eigenvalue weighted by molar-refractivity contribution is 5.93. The van der Waals surface area contributed by atoms with Crippen LogP contribution in [0, 0.1) is 0 Å². The minimum absolute atomic E-state index is 0.103. The normalized spacial score (nSPS) is 14.8. The summed E-state index contributed by atoms with van der Waals surface area (Å²) in [5.41, 5.74) is 8.59. The molecule has 9 nitrogen and oxygen atoms in total. The van der Waals surface area contributed by atoms with E-state index in [2.05, 4.69) is 15.6 Å². The summed E-state index contributed by atoms with van der Waals surface area (Å²) in [4.78, 5) is 40.4. The molecule has 33 heavy (non-hydrogen) atoms. The Labute approximate surface area is 191 Å². The second-order valence-electron chi connectivity index (χ2n) is 7.99. The molecule has 3 aromatic rings. The summed E-state index contributed by atoms with van der Waals surface area (Å²) in [5.74, 6) is -2.65. The van der Waals surface area contributed by atoms with Crippen LogP contribution in [-0.2, 0) is 27.2 Å². The zero-order chi connectivity index (χ0) is 24.0. The van der Waals surface area contributed by atoms with Gasteiger partial charge in [0.15, 0.2) is 6.04 Å². The first-order chi connectivity index (χ1) is 15.8. The standard InChI is InChI=1S/C24H28N4O5/c1-14(29)21(24(32)33)28-23(31)20(12-16-13-26-19-10-6-5-9-17(16)19)27-22(30)18(25)11-15-7-3-2-4-8-15/h2-10,13-14,18,20-21,26,29H,11-12,25H2,1H3,(H,27,30)(H,28,31)(H,32,33). The molecule has 1 aromatic heterocycles. The van der Waals surface area contributed by atoms with Crippen LogP contribution >= 0.6 is 0 Å². The minimum atomic E-state index is -1.52. The van der Waals surface area contributed by atoms with E-state index in [4.69, 9.17) is 5.73 Å². The molecular formula is C24H28N4O5. The first kappa shape index (κ1) is 24.0. The van der Waals surface area contributed by atoms with Gasteiger partial charge in [0.1, 0.15) is 6.04 Å². The smallest absolute Gasteiger partial charge is 0.328 e. The molecule has 0 bridgehead atoms. The van der Waals surface area contributed by atoms with Gasteiger partial charge in [-0.2, -0.15) is 0 Å².